The Kier molecular flexibility index (Phi) is 5.19. The molecule has 8 heteroatoms. The minimum absolute atomic E-state index is 0.0829. The molecule has 0 spiro atoms. The summed E-state index contributed by atoms with van der Waals surface area (Å²) in [6, 6.07) is 14.4. The maximum Gasteiger partial charge on any atom is 0.332 e. The average Bonchev–Trinajstić information content (AvgIpc) is 3.20. The van der Waals surface area contributed by atoms with E-state index in [1.807, 2.05) is 38.1 Å². The van der Waals surface area contributed by atoms with Crippen LogP contribution in [0.2, 0.25) is 0 Å². The minimum atomic E-state index is -0.383. The third kappa shape index (κ3) is 3.55. The molecule has 0 N–H and O–H groups in total. The van der Waals surface area contributed by atoms with Crippen molar-refractivity contribution < 1.29 is 4.52 Å². The van der Waals surface area contributed by atoms with Crippen molar-refractivity contribution in [1.82, 2.24) is 19.3 Å². The van der Waals surface area contributed by atoms with E-state index in [0.29, 0.717) is 29.0 Å². The molecular weight excluding hydrogens is 436 g/mol. The normalized spacial score (nSPS) is 12.4. The largest absolute Gasteiger partial charge is 0.337 e. The molecule has 0 saturated carbocycles. The van der Waals surface area contributed by atoms with Gasteiger partial charge in [-0.15, -0.1) is 0 Å². The van der Waals surface area contributed by atoms with E-state index in [4.69, 9.17) is 4.52 Å². The molecule has 2 aromatic heterocycles. The fourth-order valence-corrected chi connectivity index (χ4v) is 3.50. The van der Waals surface area contributed by atoms with Gasteiger partial charge in [0.05, 0.1) is 10.9 Å². The highest BCUT2D eigenvalue weighted by atomic mass is 79.9. The van der Waals surface area contributed by atoms with Gasteiger partial charge in [0.2, 0.25) is 11.7 Å². The molecule has 0 fully saturated rings. The van der Waals surface area contributed by atoms with E-state index >= 15 is 0 Å². The van der Waals surface area contributed by atoms with Crippen LogP contribution in [-0.4, -0.2) is 19.3 Å². The smallest absolute Gasteiger partial charge is 0.332 e. The standard InChI is InChI=1S/C21H19BrN4O3/c1-3-13(2)26-20(27)16-6-4-5-7-17(16)25(21(26)28)12-18-23-19(24-29-18)14-8-10-15(22)11-9-14/h4-11,13H,3,12H2,1-2H3. The fraction of sp³-hybridized carbons (Fsp3) is 0.238. The third-order valence-electron chi connectivity index (χ3n) is 4.98. The first kappa shape index (κ1) is 19.3. The average molecular weight is 455 g/mol. The van der Waals surface area contributed by atoms with Gasteiger partial charge in [0, 0.05) is 16.1 Å². The zero-order chi connectivity index (χ0) is 20.5. The summed E-state index contributed by atoms with van der Waals surface area (Å²) >= 11 is 3.40. The lowest BCUT2D eigenvalue weighted by molar-refractivity contribution is 0.367. The molecule has 2 aromatic carbocycles. The quantitative estimate of drug-likeness (QED) is 0.455. The van der Waals surface area contributed by atoms with E-state index in [-0.39, 0.29) is 23.8 Å². The number of hydrogen-bond acceptors (Lipinski definition) is 5. The SMILES string of the molecule is CCC(C)n1c(=O)c2ccccc2n(Cc2nc(-c3ccc(Br)cc3)no2)c1=O. The molecule has 0 bridgehead atoms. The van der Waals surface area contributed by atoms with Crippen LogP contribution in [0.15, 0.2) is 67.1 Å². The Bertz CT molecular complexity index is 1290. The lowest BCUT2D eigenvalue weighted by Crippen LogP contribution is -2.41. The van der Waals surface area contributed by atoms with Crippen molar-refractivity contribution in [3.63, 3.8) is 0 Å². The summed E-state index contributed by atoms with van der Waals surface area (Å²) < 4.78 is 9.16. The zero-order valence-corrected chi connectivity index (χ0v) is 17.6. The van der Waals surface area contributed by atoms with Crippen LogP contribution in [0.1, 0.15) is 32.2 Å². The molecule has 0 aliphatic carbocycles. The van der Waals surface area contributed by atoms with Crippen molar-refractivity contribution in [3.8, 4) is 11.4 Å². The van der Waals surface area contributed by atoms with Crippen LogP contribution in [0, 0.1) is 0 Å². The summed E-state index contributed by atoms with van der Waals surface area (Å²) in [5.41, 5.74) is 0.694. The molecule has 0 aliphatic heterocycles. The Balaban J connectivity index is 1.82. The molecule has 1 unspecified atom stereocenters. The molecule has 7 nitrogen and oxygen atoms in total. The van der Waals surface area contributed by atoms with Crippen LogP contribution in [-0.2, 0) is 6.54 Å². The molecule has 0 radical (unpaired) electrons. The zero-order valence-electron chi connectivity index (χ0n) is 16.0. The highest BCUT2D eigenvalue weighted by molar-refractivity contribution is 9.10. The number of benzene rings is 2. The van der Waals surface area contributed by atoms with Crippen LogP contribution in [0.25, 0.3) is 22.3 Å². The van der Waals surface area contributed by atoms with Gasteiger partial charge in [-0.3, -0.25) is 13.9 Å². The third-order valence-corrected chi connectivity index (χ3v) is 5.51. The monoisotopic (exact) mass is 454 g/mol. The molecule has 2 heterocycles. The lowest BCUT2D eigenvalue weighted by atomic mass is 10.2. The summed E-state index contributed by atoms with van der Waals surface area (Å²) in [5.74, 6) is 0.740. The van der Waals surface area contributed by atoms with Crippen molar-refractivity contribution in [2.45, 2.75) is 32.9 Å². The summed E-state index contributed by atoms with van der Waals surface area (Å²) in [4.78, 5) is 30.4. The first-order valence-corrected chi connectivity index (χ1v) is 10.1. The van der Waals surface area contributed by atoms with Gasteiger partial charge < -0.3 is 4.52 Å². The predicted octanol–water partition coefficient (Wildman–Crippen LogP) is 4.00. The topological polar surface area (TPSA) is 82.9 Å². The first-order chi connectivity index (χ1) is 14.0. The second kappa shape index (κ2) is 7.79. The van der Waals surface area contributed by atoms with Crippen LogP contribution in [0.5, 0.6) is 0 Å². The molecule has 0 saturated heterocycles. The van der Waals surface area contributed by atoms with Gasteiger partial charge in [-0.05, 0) is 49.7 Å². The van der Waals surface area contributed by atoms with Gasteiger partial charge >= 0.3 is 5.69 Å². The van der Waals surface area contributed by atoms with Crippen LogP contribution in [0.3, 0.4) is 0 Å². The molecule has 4 rings (SSSR count). The number of aromatic nitrogens is 4. The summed E-state index contributed by atoms with van der Waals surface area (Å²) in [7, 11) is 0. The predicted molar refractivity (Wildman–Crippen MR) is 114 cm³/mol. The van der Waals surface area contributed by atoms with Gasteiger partial charge in [0.25, 0.3) is 5.56 Å². The van der Waals surface area contributed by atoms with Gasteiger partial charge in [-0.2, -0.15) is 4.98 Å². The summed E-state index contributed by atoms with van der Waals surface area (Å²) in [6.45, 7) is 3.89. The van der Waals surface area contributed by atoms with E-state index in [1.165, 1.54) is 9.13 Å². The second-order valence-corrected chi connectivity index (χ2v) is 7.75. The molecule has 0 aliphatic rings. The Morgan fingerprint density at radius 2 is 1.83 bits per heavy atom. The number of fused-ring (bicyclic) bond motifs is 1. The number of para-hydroxylation sites is 1. The molecule has 1 atom stereocenters. The van der Waals surface area contributed by atoms with Crippen LogP contribution >= 0.6 is 15.9 Å². The van der Waals surface area contributed by atoms with Crippen LogP contribution < -0.4 is 11.2 Å². The second-order valence-electron chi connectivity index (χ2n) is 6.84. The Labute approximate surface area is 174 Å². The maximum atomic E-state index is 13.2. The van der Waals surface area contributed by atoms with Crippen molar-refractivity contribution in [2.24, 2.45) is 0 Å². The van der Waals surface area contributed by atoms with Gasteiger partial charge in [0.1, 0.15) is 6.54 Å². The lowest BCUT2D eigenvalue weighted by Gasteiger charge is -2.16. The van der Waals surface area contributed by atoms with E-state index in [9.17, 15) is 9.59 Å². The highest BCUT2D eigenvalue weighted by Gasteiger charge is 2.18. The Hall–Kier alpha value is -3.00. The number of halogens is 1. The minimum Gasteiger partial charge on any atom is -0.337 e. The highest BCUT2D eigenvalue weighted by Crippen LogP contribution is 2.19. The van der Waals surface area contributed by atoms with Crippen molar-refractivity contribution in [1.29, 1.82) is 0 Å². The summed E-state index contributed by atoms with van der Waals surface area (Å²) in [6.07, 6.45) is 0.668. The number of rotatable bonds is 5. The van der Waals surface area contributed by atoms with Gasteiger partial charge in [-0.25, -0.2) is 4.79 Å². The van der Waals surface area contributed by atoms with Crippen molar-refractivity contribution >= 4 is 26.8 Å². The van der Waals surface area contributed by atoms with E-state index in [2.05, 4.69) is 26.1 Å². The Morgan fingerprint density at radius 1 is 1.10 bits per heavy atom. The van der Waals surface area contributed by atoms with E-state index in [1.54, 1.807) is 24.3 Å². The molecule has 0 amide bonds. The van der Waals surface area contributed by atoms with Gasteiger partial charge in [0.15, 0.2) is 0 Å². The molecule has 29 heavy (non-hydrogen) atoms. The molecular formula is C21H19BrN4O3. The van der Waals surface area contributed by atoms with Crippen LogP contribution in [0.4, 0.5) is 0 Å². The number of nitrogens with zero attached hydrogens (tertiary/aromatic N) is 4. The van der Waals surface area contributed by atoms with Gasteiger partial charge in [-0.1, -0.05) is 40.1 Å². The summed E-state index contributed by atoms with van der Waals surface area (Å²) in [5, 5.41) is 4.51. The number of hydrogen-bond donors (Lipinski definition) is 0. The fourth-order valence-electron chi connectivity index (χ4n) is 3.23. The van der Waals surface area contributed by atoms with Crippen molar-refractivity contribution in [2.75, 3.05) is 0 Å². The van der Waals surface area contributed by atoms with E-state index < -0.39 is 0 Å². The molecule has 148 valence electrons. The Morgan fingerprint density at radius 3 is 2.55 bits per heavy atom. The van der Waals surface area contributed by atoms with Crippen molar-refractivity contribution in [3.05, 3.63) is 79.7 Å². The van der Waals surface area contributed by atoms with E-state index in [0.717, 1.165) is 10.0 Å². The first-order valence-electron chi connectivity index (χ1n) is 9.32. The molecule has 4 aromatic rings. The maximum absolute atomic E-state index is 13.2.